The molecular weight excluding hydrogens is 422 g/mol. The number of fused-ring (bicyclic) bond motifs is 1. The van der Waals surface area contributed by atoms with E-state index in [4.69, 9.17) is 10.7 Å². The molecule has 0 atom stereocenters. The SMILES string of the molecule is CNc1cncc(-c2ccc3nc(C4CCC(N5CCC(F)(F)CC5)CC4)nc(N)c3c2)c1. The van der Waals surface area contributed by atoms with Gasteiger partial charge in [-0.05, 0) is 49.4 Å². The molecule has 2 aromatic heterocycles. The summed E-state index contributed by atoms with van der Waals surface area (Å²) < 4.78 is 27.0. The second-order valence-electron chi connectivity index (χ2n) is 9.31. The molecule has 6 nitrogen and oxygen atoms in total. The summed E-state index contributed by atoms with van der Waals surface area (Å²) in [5.74, 6) is -0.934. The maximum atomic E-state index is 13.5. The van der Waals surface area contributed by atoms with E-state index >= 15 is 0 Å². The Kier molecular flexibility index (Phi) is 5.86. The van der Waals surface area contributed by atoms with Crippen molar-refractivity contribution < 1.29 is 8.78 Å². The molecule has 1 saturated heterocycles. The van der Waals surface area contributed by atoms with Crippen molar-refractivity contribution >= 4 is 22.4 Å². The molecule has 3 N–H and O–H groups in total. The Morgan fingerprint density at radius 2 is 1.76 bits per heavy atom. The van der Waals surface area contributed by atoms with E-state index in [1.807, 2.05) is 37.5 Å². The first-order chi connectivity index (χ1) is 15.9. The number of rotatable bonds is 4. The highest BCUT2D eigenvalue weighted by atomic mass is 19.3. The predicted molar refractivity (Wildman–Crippen MR) is 127 cm³/mol. The van der Waals surface area contributed by atoms with Gasteiger partial charge in [-0.25, -0.2) is 18.7 Å². The number of likely N-dealkylation sites (tertiary alicyclic amines) is 1. The summed E-state index contributed by atoms with van der Waals surface area (Å²) in [5, 5.41) is 3.95. The summed E-state index contributed by atoms with van der Waals surface area (Å²) in [6, 6.07) is 8.49. The summed E-state index contributed by atoms with van der Waals surface area (Å²) in [5.41, 5.74) is 10.2. The molecule has 3 aromatic rings. The van der Waals surface area contributed by atoms with Crippen LogP contribution in [-0.4, -0.2) is 52.0 Å². The van der Waals surface area contributed by atoms with Gasteiger partial charge in [0.1, 0.15) is 11.6 Å². The number of nitrogens with two attached hydrogens (primary N) is 1. The van der Waals surface area contributed by atoms with Crippen LogP contribution in [0.4, 0.5) is 20.3 Å². The van der Waals surface area contributed by atoms with E-state index in [9.17, 15) is 8.78 Å². The Morgan fingerprint density at radius 1 is 1.00 bits per heavy atom. The lowest BCUT2D eigenvalue weighted by atomic mass is 9.84. The van der Waals surface area contributed by atoms with E-state index in [1.165, 1.54) is 0 Å². The van der Waals surface area contributed by atoms with Gasteiger partial charge in [0, 0.05) is 68.3 Å². The van der Waals surface area contributed by atoms with Gasteiger partial charge >= 0.3 is 0 Å². The highest BCUT2D eigenvalue weighted by Crippen LogP contribution is 2.37. The standard InChI is InChI=1S/C25H30F2N6/c1-29-19-12-18(14-30-15-19)17-4-7-22-21(13-17)23(28)32-24(31-22)16-2-5-20(6-3-16)33-10-8-25(26,27)9-11-33/h4,7,12-16,20,29H,2-3,5-6,8-11H2,1H3,(H2,28,31,32). The molecule has 5 rings (SSSR count). The molecule has 0 radical (unpaired) electrons. The third kappa shape index (κ3) is 4.62. The fraction of sp³-hybridized carbons (Fsp3) is 0.480. The van der Waals surface area contributed by atoms with E-state index in [0.717, 1.165) is 59.2 Å². The summed E-state index contributed by atoms with van der Waals surface area (Å²) in [7, 11) is 1.87. The number of anilines is 2. The lowest BCUT2D eigenvalue weighted by molar-refractivity contribution is -0.0660. The molecule has 1 aromatic carbocycles. The number of hydrogen-bond donors (Lipinski definition) is 2. The third-order valence-electron chi connectivity index (χ3n) is 7.21. The Hall–Kier alpha value is -2.87. The van der Waals surface area contributed by atoms with Crippen LogP contribution in [-0.2, 0) is 0 Å². The van der Waals surface area contributed by atoms with Crippen LogP contribution in [0, 0.1) is 0 Å². The Morgan fingerprint density at radius 3 is 2.48 bits per heavy atom. The van der Waals surface area contributed by atoms with Gasteiger partial charge in [0.05, 0.1) is 11.2 Å². The van der Waals surface area contributed by atoms with Gasteiger partial charge in [-0.2, -0.15) is 0 Å². The number of nitrogens with one attached hydrogen (secondary N) is 1. The molecule has 8 heteroatoms. The largest absolute Gasteiger partial charge is 0.387 e. The monoisotopic (exact) mass is 452 g/mol. The first-order valence-corrected chi connectivity index (χ1v) is 11.7. The number of halogens is 2. The smallest absolute Gasteiger partial charge is 0.250 e. The van der Waals surface area contributed by atoms with Crippen molar-refractivity contribution in [2.45, 2.75) is 56.4 Å². The first-order valence-electron chi connectivity index (χ1n) is 11.7. The number of benzene rings is 1. The van der Waals surface area contributed by atoms with Crippen LogP contribution < -0.4 is 11.1 Å². The molecule has 0 amide bonds. The van der Waals surface area contributed by atoms with Crippen LogP contribution in [0.2, 0.25) is 0 Å². The predicted octanol–water partition coefficient (Wildman–Crippen LogP) is 5.07. The first kappa shape index (κ1) is 21.9. The summed E-state index contributed by atoms with van der Waals surface area (Å²) in [6.07, 6.45) is 7.48. The normalized spacial score (nSPS) is 23.5. The molecule has 2 fully saturated rings. The minimum absolute atomic E-state index is 0.0193. The van der Waals surface area contributed by atoms with E-state index in [0.29, 0.717) is 24.9 Å². The zero-order valence-corrected chi connectivity index (χ0v) is 18.9. The van der Waals surface area contributed by atoms with Crippen LogP contribution in [0.1, 0.15) is 50.3 Å². The van der Waals surface area contributed by atoms with Crippen LogP contribution in [0.25, 0.3) is 22.0 Å². The molecule has 0 unspecified atom stereocenters. The Labute approximate surface area is 192 Å². The van der Waals surface area contributed by atoms with Crippen LogP contribution in [0.5, 0.6) is 0 Å². The maximum Gasteiger partial charge on any atom is 0.250 e. The molecule has 1 aliphatic heterocycles. The van der Waals surface area contributed by atoms with Crippen LogP contribution >= 0.6 is 0 Å². The molecule has 1 aliphatic carbocycles. The zero-order chi connectivity index (χ0) is 23.0. The fourth-order valence-electron chi connectivity index (χ4n) is 5.18. The lowest BCUT2D eigenvalue weighted by Crippen LogP contribution is -2.46. The van der Waals surface area contributed by atoms with Gasteiger partial charge < -0.3 is 11.1 Å². The number of hydrogen-bond acceptors (Lipinski definition) is 6. The molecule has 1 saturated carbocycles. The summed E-state index contributed by atoms with van der Waals surface area (Å²) in [6.45, 7) is 0.994. The van der Waals surface area contributed by atoms with Gasteiger partial charge in [-0.15, -0.1) is 0 Å². The Bertz CT molecular complexity index is 1130. The average molecular weight is 453 g/mol. The van der Waals surface area contributed by atoms with Gasteiger partial charge in [0.15, 0.2) is 0 Å². The number of nitrogen functional groups attached to an aromatic ring is 1. The average Bonchev–Trinajstić information content (AvgIpc) is 2.84. The van der Waals surface area contributed by atoms with Crippen molar-refractivity contribution in [2.24, 2.45) is 0 Å². The summed E-state index contributed by atoms with van der Waals surface area (Å²) in [4.78, 5) is 16.1. The van der Waals surface area contributed by atoms with E-state index in [2.05, 4.69) is 20.2 Å². The number of nitrogens with zero attached hydrogens (tertiary/aromatic N) is 4. The van der Waals surface area contributed by atoms with Crippen molar-refractivity contribution in [3.05, 3.63) is 42.5 Å². The van der Waals surface area contributed by atoms with E-state index in [1.54, 1.807) is 6.20 Å². The van der Waals surface area contributed by atoms with Crippen molar-refractivity contribution in [3.8, 4) is 11.1 Å². The molecule has 0 bridgehead atoms. The minimum atomic E-state index is -2.49. The second-order valence-corrected chi connectivity index (χ2v) is 9.31. The van der Waals surface area contributed by atoms with Gasteiger partial charge in [-0.3, -0.25) is 9.88 Å². The molecule has 0 spiro atoms. The highest BCUT2D eigenvalue weighted by molar-refractivity contribution is 5.92. The molecule has 2 aliphatic rings. The fourth-order valence-corrected chi connectivity index (χ4v) is 5.18. The Balaban J connectivity index is 1.31. The zero-order valence-electron chi connectivity index (χ0n) is 18.9. The molecule has 3 heterocycles. The van der Waals surface area contributed by atoms with Crippen molar-refractivity contribution in [1.82, 2.24) is 19.9 Å². The number of piperidine rings is 1. The van der Waals surface area contributed by atoms with Crippen LogP contribution in [0.15, 0.2) is 36.7 Å². The van der Waals surface area contributed by atoms with E-state index in [-0.39, 0.29) is 18.8 Å². The van der Waals surface area contributed by atoms with Gasteiger partial charge in [0.2, 0.25) is 0 Å². The number of pyridine rings is 1. The maximum absolute atomic E-state index is 13.5. The summed E-state index contributed by atoms with van der Waals surface area (Å²) >= 11 is 0. The number of alkyl halides is 2. The van der Waals surface area contributed by atoms with Crippen molar-refractivity contribution in [2.75, 3.05) is 31.2 Å². The number of aromatic nitrogens is 3. The second kappa shape index (κ2) is 8.82. The molecular formula is C25H30F2N6. The lowest BCUT2D eigenvalue weighted by Gasteiger charge is -2.40. The third-order valence-corrected chi connectivity index (χ3v) is 7.21. The highest BCUT2D eigenvalue weighted by Gasteiger charge is 2.37. The van der Waals surface area contributed by atoms with Gasteiger partial charge in [0.25, 0.3) is 5.92 Å². The minimum Gasteiger partial charge on any atom is -0.387 e. The van der Waals surface area contributed by atoms with E-state index < -0.39 is 5.92 Å². The van der Waals surface area contributed by atoms with Crippen molar-refractivity contribution in [1.29, 1.82) is 0 Å². The van der Waals surface area contributed by atoms with Crippen molar-refractivity contribution in [3.63, 3.8) is 0 Å². The quantitative estimate of drug-likeness (QED) is 0.575. The van der Waals surface area contributed by atoms with Crippen LogP contribution in [0.3, 0.4) is 0 Å². The van der Waals surface area contributed by atoms with Gasteiger partial charge in [-0.1, -0.05) is 6.07 Å². The topological polar surface area (TPSA) is 80.0 Å². The molecule has 174 valence electrons. The molecule has 33 heavy (non-hydrogen) atoms.